The van der Waals surface area contributed by atoms with Crippen LogP contribution >= 0.6 is 0 Å². The van der Waals surface area contributed by atoms with Crippen molar-refractivity contribution >= 4 is 11.9 Å². The van der Waals surface area contributed by atoms with Gasteiger partial charge in [0.2, 0.25) is 0 Å². The maximum absolute atomic E-state index is 13.5. The van der Waals surface area contributed by atoms with Gasteiger partial charge in [0.15, 0.2) is 0 Å². The van der Waals surface area contributed by atoms with Crippen LogP contribution in [0.25, 0.3) is 5.69 Å². The molecule has 0 aliphatic carbocycles. The fourth-order valence-electron chi connectivity index (χ4n) is 3.09. The number of carbonyl (C=O) groups excluding carboxylic acids is 1. The molecule has 1 amide bonds. The van der Waals surface area contributed by atoms with E-state index in [1.165, 1.54) is 4.68 Å². The van der Waals surface area contributed by atoms with E-state index in [9.17, 15) is 23.2 Å². The van der Waals surface area contributed by atoms with Crippen molar-refractivity contribution in [3.63, 3.8) is 0 Å². The maximum atomic E-state index is 13.5. The number of aromatic nitrogens is 2. The standard InChI is InChI=1S/C21H19F2N3O4/c1-11-3-4-12(2)18(5-11)26-19(27)9-17(25-26)21(30)24-16(10-20(28)29)13-6-14(22)8-15(23)7-13/h3-9,16,25H,10H2,1-2H3,(H,24,30)(H,28,29). The number of amides is 1. The van der Waals surface area contributed by atoms with E-state index >= 15 is 0 Å². The molecule has 3 N–H and O–H groups in total. The molecule has 0 bridgehead atoms. The highest BCUT2D eigenvalue weighted by Crippen LogP contribution is 2.20. The first-order valence-electron chi connectivity index (χ1n) is 9.02. The lowest BCUT2D eigenvalue weighted by atomic mass is 10.0. The van der Waals surface area contributed by atoms with Crippen molar-refractivity contribution in [2.24, 2.45) is 0 Å². The second-order valence-corrected chi connectivity index (χ2v) is 6.96. The molecule has 0 radical (unpaired) electrons. The Hall–Kier alpha value is -3.75. The number of benzene rings is 2. The summed E-state index contributed by atoms with van der Waals surface area (Å²) in [5.74, 6) is -3.85. The molecule has 1 atom stereocenters. The summed E-state index contributed by atoms with van der Waals surface area (Å²) >= 11 is 0. The highest BCUT2D eigenvalue weighted by molar-refractivity contribution is 5.92. The molecule has 3 rings (SSSR count). The van der Waals surface area contributed by atoms with Crippen LogP contribution in [0.1, 0.15) is 39.6 Å². The summed E-state index contributed by atoms with van der Waals surface area (Å²) in [5.41, 5.74) is 1.63. The van der Waals surface area contributed by atoms with Gasteiger partial charge in [0.1, 0.15) is 17.3 Å². The van der Waals surface area contributed by atoms with Crippen molar-refractivity contribution in [1.29, 1.82) is 0 Å². The Labute approximate surface area is 170 Å². The molecule has 9 heteroatoms. The molecule has 2 aromatic carbocycles. The van der Waals surface area contributed by atoms with E-state index in [0.29, 0.717) is 11.8 Å². The number of carbonyl (C=O) groups is 2. The van der Waals surface area contributed by atoms with Crippen molar-refractivity contribution in [2.45, 2.75) is 26.3 Å². The number of hydrogen-bond donors (Lipinski definition) is 3. The zero-order valence-corrected chi connectivity index (χ0v) is 16.2. The van der Waals surface area contributed by atoms with Gasteiger partial charge >= 0.3 is 5.97 Å². The van der Waals surface area contributed by atoms with Gasteiger partial charge in [-0.05, 0) is 48.7 Å². The predicted octanol–water partition coefficient (Wildman–Crippen LogP) is 3.01. The number of nitrogens with one attached hydrogen (secondary N) is 2. The second-order valence-electron chi connectivity index (χ2n) is 6.96. The molecular weight excluding hydrogens is 396 g/mol. The van der Waals surface area contributed by atoms with Gasteiger partial charge in [0.05, 0.1) is 18.2 Å². The number of rotatable bonds is 6. The van der Waals surface area contributed by atoms with E-state index in [1.54, 1.807) is 6.07 Å². The molecule has 1 aromatic heterocycles. The van der Waals surface area contributed by atoms with Gasteiger partial charge in [-0.2, -0.15) is 0 Å². The number of carboxylic acid groups (broad SMARTS) is 1. The van der Waals surface area contributed by atoms with E-state index in [1.807, 2.05) is 26.0 Å². The Morgan fingerprint density at radius 2 is 1.77 bits per heavy atom. The Balaban J connectivity index is 1.92. The number of H-pyrrole nitrogens is 1. The SMILES string of the molecule is Cc1ccc(C)c(-n2[nH]c(C(=O)NC(CC(=O)O)c3cc(F)cc(F)c3)cc2=O)c1. The summed E-state index contributed by atoms with van der Waals surface area (Å²) in [5, 5.41) is 14.2. The highest BCUT2D eigenvalue weighted by atomic mass is 19.1. The number of aliphatic carboxylic acids is 1. The van der Waals surface area contributed by atoms with Crippen molar-refractivity contribution in [3.8, 4) is 5.69 Å². The van der Waals surface area contributed by atoms with E-state index in [2.05, 4.69) is 10.4 Å². The summed E-state index contributed by atoms with van der Waals surface area (Å²) in [6, 6.07) is 7.90. The number of nitrogens with zero attached hydrogens (tertiary/aromatic N) is 1. The summed E-state index contributed by atoms with van der Waals surface area (Å²) < 4.78 is 28.3. The first-order valence-corrected chi connectivity index (χ1v) is 9.02. The van der Waals surface area contributed by atoms with Crippen LogP contribution in [0.3, 0.4) is 0 Å². The van der Waals surface area contributed by atoms with Crippen LogP contribution in [0, 0.1) is 25.5 Å². The lowest BCUT2D eigenvalue weighted by Crippen LogP contribution is -2.30. The summed E-state index contributed by atoms with van der Waals surface area (Å²) in [6.45, 7) is 3.67. The van der Waals surface area contributed by atoms with Crippen LogP contribution in [0.2, 0.25) is 0 Å². The molecule has 1 unspecified atom stereocenters. The molecule has 0 spiro atoms. The van der Waals surface area contributed by atoms with Gasteiger partial charge in [0.25, 0.3) is 11.5 Å². The Morgan fingerprint density at radius 1 is 1.10 bits per heavy atom. The largest absolute Gasteiger partial charge is 0.481 e. The zero-order chi connectivity index (χ0) is 22.0. The quantitative estimate of drug-likeness (QED) is 0.576. The molecule has 0 aliphatic heterocycles. The van der Waals surface area contributed by atoms with Gasteiger partial charge < -0.3 is 10.4 Å². The molecule has 0 fully saturated rings. The molecule has 7 nitrogen and oxygen atoms in total. The van der Waals surface area contributed by atoms with Gasteiger partial charge in [0, 0.05) is 12.1 Å². The normalized spacial score (nSPS) is 11.9. The smallest absolute Gasteiger partial charge is 0.305 e. The number of carboxylic acids is 1. The minimum absolute atomic E-state index is 0.0421. The lowest BCUT2D eigenvalue weighted by Gasteiger charge is -2.17. The molecule has 0 aliphatic rings. The fraction of sp³-hybridized carbons (Fsp3) is 0.190. The lowest BCUT2D eigenvalue weighted by molar-refractivity contribution is -0.137. The minimum atomic E-state index is -1.27. The van der Waals surface area contributed by atoms with Crippen LogP contribution < -0.4 is 10.9 Å². The third-order valence-corrected chi connectivity index (χ3v) is 4.54. The summed E-state index contributed by atoms with van der Waals surface area (Å²) in [4.78, 5) is 36.2. The average Bonchev–Trinajstić information content (AvgIpc) is 3.03. The number of aromatic amines is 1. The number of hydrogen-bond acceptors (Lipinski definition) is 3. The van der Waals surface area contributed by atoms with Crippen LogP contribution in [0.15, 0.2) is 47.3 Å². The fourth-order valence-corrected chi connectivity index (χ4v) is 3.09. The van der Waals surface area contributed by atoms with E-state index in [-0.39, 0.29) is 11.3 Å². The third-order valence-electron chi connectivity index (χ3n) is 4.54. The van der Waals surface area contributed by atoms with Crippen molar-refractivity contribution in [1.82, 2.24) is 15.1 Å². The Bertz CT molecular complexity index is 1160. The second kappa shape index (κ2) is 8.32. The monoisotopic (exact) mass is 415 g/mol. The molecule has 0 saturated heterocycles. The van der Waals surface area contributed by atoms with E-state index < -0.39 is 41.5 Å². The third kappa shape index (κ3) is 4.62. The predicted molar refractivity (Wildman–Crippen MR) is 105 cm³/mol. The first kappa shape index (κ1) is 21.0. The van der Waals surface area contributed by atoms with Crippen LogP contribution in [0.4, 0.5) is 8.78 Å². The van der Waals surface area contributed by atoms with Crippen molar-refractivity contribution < 1.29 is 23.5 Å². The van der Waals surface area contributed by atoms with Gasteiger partial charge in [-0.3, -0.25) is 19.5 Å². The molecule has 1 heterocycles. The summed E-state index contributed by atoms with van der Waals surface area (Å²) in [6.07, 6.45) is -0.601. The van der Waals surface area contributed by atoms with Gasteiger partial charge in [-0.25, -0.2) is 13.5 Å². The Morgan fingerprint density at radius 3 is 2.40 bits per heavy atom. The molecule has 0 saturated carbocycles. The highest BCUT2D eigenvalue weighted by Gasteiger charge is 2.22. The molecule has 156 valence electrons. The van der Waals surface area contributed by atoms with Crippen LogP contribution in [0.5, 0.6) is 0 Å². The van der Waals surface area contributed by atoms with Gasteiger partial charge in [-0.1, -0.05) is 12.1 Å². The minimum Gasteiger partial charge on any atom is -0.481 e. The first-order chi connectivity index (χ1) is 14.1. The van der Waals surface area contributed by atoms with Gasteiger partial charge in [-0.15, -0.1) is 0 Å². The number of halogens is 2. The zero-order valence-electron chi connectivity index (χ0n) is 16.2. The molecular formula is C21H19F2N3O4. The maximum Gasteiger partial charge on any atom is 0.305 e. The topological polar surface area (TPSA) is 104 Å². The van der Waals surface area contributed by atoms with Crippen LogP contribution in [-0.2, 0) is 4.79 Å². The average molecular weight is 415 g/mol. The van der Waals surface area contributed by atoms with E-state index in [0.717, 1.165) is 29.3 Å². The summed E-state index contributed by atoms with van der Waals surface area (Å²) in [7, 11) is 0. The molecule has 30 heavy (non-hydrogen) atoms. The number of aryl methyl sites for hydroxylation is 2. The van der Waals surface area contributed by atoms with Crippen LogP contribution in [-0.4, -0.2) is 26.8 Å². The Kier molecular flexibility index (Phi) is 5.81. The van der Waals surface area contributed by atoms with E-state index in [4.69, 9.17) is 5.11 Å². The van der Waals surface area contributed by atoms with Crippen molar-refractivity contribution in [2.75, 3.05) is 0 Å². The van der Waals surface area contributed by atoms with Crippen molar-refractivity contribution in [3.05, 3.63) is 86.8 Å². The molecule has 3 aromatic rings.